The Bertz CT molecular complexity index is 160. The van der Waals surface area contributed by atoms with Crippen molar-refractivity contribution in [3.8, 4) is 6.07 Å². The average Bonchev–Trinajstić information content (AvgIpc) is 2.03. The van der Waals surface area contributed by atoms with E-state index in [-0.39, 0.29) is 19.0 Å². The Morgan fingerprint density at radius 2 is 2.55 bits per heavy atom. The lowest BCUT2D eigenvalue weighted by molar-refractivity contribution is -0.130. The van der Waals surface area contributed by atoms with Crippen molar-refractivity contribution in [3.63, 3.8) is 0 Å². The molecule has 0 aliphatic heterocycles. The zero-order valence-corrected chi connectivity index (χ0v) is 6.33. The monoisotopic (exact) mass is 157 g/mol. The highest BCUT2D eigenvalue weighted by Gasteiger charge is 2.13. The summed E-state index contributed by atoms with van der Waals surface area (Å²) in [5, 5.41) is 10.4. The number of nitrogens with two attached hydrogens (primary N) is 1. The molecule has 0 aliphatic carbocycles. The number of methoxy groups -OCH3 is 1. The van der Waals surface area contributed by atoms with Gasteiger partial charge in [0.1, 0.15) is 12.6 Å². The molecule has 0 saturated heterocycles. The quantitative estimate of drug-likeness (QED) is 0.491. The van der Waals surface area contributed by atoms with Gasteiger partial charge in [-0.1, -0.05) is 0 Å². The number of rotatable bonds is 4. The van der Waals surface area contributed by atoms with Crippen molar-refractivity contribution >= 4 is 5.91 Å². The second-order valence-corrected chi connectivity index (χ2v) is 1.84. The van der Waals surface area contributed by atoms with Crippen molar-refractivity contribution in [1.82, 2.24) is 5.32 Å². The Balaban J connectivity index is 3.72. The molecule has 0 heterocycles. The summed E-state index contributed by atoms with van der Waals surface area (Å²) in [7, 11) is 1.39. The van der Waals surface area contributed by atoms with E-state index < -0.39 is 6.10 Å². The molecule has 1 atom stereocenters. The lowest BCUT2D eigenvalue weighted by Gasteiger charge is -2.10. The zero-order chi connectivity index (χ0) is 8.69. The largest absolute Gasteiger partial charge is 0.370 e. The summed E-state index contributed by atoms with van der Waals surface area (Å²) in [6, 6.07) is 1.77. The third kappa shape index (κ3) is 3.55. The van der Waals surface area contributed by atoms with Gasteiger partial charge in [-0.3, -0.25) is 4.79 Å². The molecule has 3 N–H and O–H groups in total. The first-order chi connectivity index (χ1) is 5.26. The molecule has 62 valence electrons. The Morgan fingerprint density at radius 1 is 1.91 bits per heavy atom. The number of hydrogen-bond donors (Lipinski definition) is 2. The van der Waals surface area contributed by atoms with Gasteiger partial charge in [0, 0.05) is 13.7 Å². The first-order valence-electron chi connectivity index (χ1n) is 3.13. The van der Waals surface area contributed by atoms with E-state index in [4.69, 9.17) is 15.7 Å². The molecular formula is C6H11N3O2. The Morgan fingerprint density at radius 3 is 2.91 bits per heavy atom. The van der Waals surface area contributed by atoms with Crippen molar-refractivity contribution in [3.05, 3.63) is 0 Å². The highest BCUT2D eigenvalue weighted by molar-refractivity contribution is 5.81. The van der Waals surface area contributed by atoms with Crippen LogP contribution in [0.3, 0.4) is 0 Å². The summed E-state index contributed by atoms with van der Waals surface area (Å²) in [6.45, 7) is 0.104. The SMILES string of the molecule is COC(CN)C(=O)NCC#N. The topological polar surface area (TPSA) is 88.1 Å². The molecule has 5 heteroatoms. The molecule has 5 nitrogen and oxygen atoms in total. The number of carbonyl (C=O) groups excluding carboxylic acids is 1. The Hall–Kier alpha value is -1.12. The molecule has 1 unspecified atom stereocenters. The van der Waals surface area contributed by atoms with Gasteiger partial charge in [0.15, 0.2) is 0 Å². The van der Waals surface area contributed by atoms with Crippen LogP contribution in [0, 0.1) is 11.3 Å². The third-order valence-electron chi connectivity index (χ3n) is 1.13. The van der Waals surface area contributed by atoms with Crippen LogP contribution in [-0.4, -0.2) is 32.2 Å². The molecule has 0 rings (SSSR count). The van der Waals surface area contributed by atoms with Gasteiger partial charge in [-0.15, -0.1) is 0 Å². The van der Waals surface area contributed by atoms with E-state index in [1.165, 1.54) is 7.11 Å². The maximum atomic E-state index is 10.9. The van der Waals surface area contributed by atoms with Gasteiger partial charge in [0.2, 0.25) is 0 Å². The molecule has 0 spiro atoms. The second-order valence-electron chi connectivity index (χ2n) is 1.84. The van der Waals surface area contributed by atoms with Gasteiger partial charge in [-0.25, -0.2) is 0 Å². The number of ether oxygens (including phenoxy) is 1. The van der Waals surface area contributed by atoms with Crippen LogP contribution in [0.5, 0.6) is 0 Å². The number of carbonyl (C=O) groups is 1. The van der Waals surface area contributed by atoms with E-state index in [1.54, 1.807) is 6.07 Å². The van der Waals surface area contributed by atoms with E-state index >= 15 is 0 Å². The summed E-state index contributed by atoms with van der Waals surface area (Å²) in [5.74, 6) is -0.350. The minimum atomic E-state index is -0.650. The van der Waals surface area contributed by atoms with Gasteiger partial charge in [0.25, 0.3) is 5.91 Å². The summed E-state index contributed by atoms with van der Waals surface area (Å²) in [6.07, 6.45) is -0.650. The van der Waals surface area contributed by atoms with Crippen molar-refractivity contribution in [2.45, 2.75) is 6.10 Å². The third-order valence-corrected chi connectivity index (χ3v) is 1.13. The van der Waals surface area contributed by atoms with E-state index in [0.29, 0.717) is 0 Å². The van der Waals surface area contributed by atoms with Crippen LogP contribution >= 0.6 is 0 Å². The van der Waals surface area contributed by atoms with Crippen molar-refractivity contribution in [2.24, 2.45) is 5.73 Å². The fourth-order valence-electron chi connectivity index (χ4n) is 0.551. The first kappa shape index (κ1) is 9.88. The number of amides is 1. The van der Waals surface area contributed by atoms with E-state index in [2.05, 4.69) is 5.32 Å². The fraction of sp³-hybridized carbons (Fsp3) is 0.667. The van der Waals surface area contributed by atoms with Crippen LogP contribution < -0.4 is 11.1 Å². The van der Waals surface area contributed by atoms with Crippen LogP contribution in [0.2, 0.25) is 0 Å². The molecule has 0 fully saturated rings. The van der Waals surface area contributed by atoms with Crippen molar-refractivity contribution < 1.29 is 9.53 Å². The van der Waals surface area contributed by atoms with Gasteiger partial charge >= 0.3 is 0 Å². The van der Waals surface area contributed by atoms with E-state index in [0.717, 1.165) is 0 Å². The number of nitrogens with zero attached hydrogens (tertiary/aromatic N) is 1. The highest BCUT2D eigenvalue weighted by Crippen LogP contribution is 1.85. The van der Waals surface area contributed by atoms with Gasteiger partial charge in [-0.05, 0) is 0 Å². The Labute approximate surface area is 65.1 Å². The molecule has 0 radical (unpaired) electrons. The molecule has 0 aromatic carbocycles. The molecule has 1 amide bonds. The maximum absolute atomic E-state index is 10.9. The number of hydrogen-bond acceptors (Lipinski definition) is 4. The van der Waals surface area contributed by atoms with Crippen LogP contribution in [0.4, 0.5) is 0 Å². The van der Waals surface area contributed by atoms with E-state index in [1.807, 2.05) is 0 Å². The smallest absolute Gasteiger partial charge is 0.251 e. The zero-order valence-electron chi connectivity index (χ0n) is 6.33. The van der Waals surface area contributed by atoms with Crippen LogP contribution in [-0.2, 0) is 9.53 Å². The molecule has 0 aromatic heterocycles. The average molecular weight is 157 g/mol. The van der Waals surface area contributed by atoms with Crippen LogP contribution in [0.25, 0.3) is 0 Å². The van der Waals surface area contributed by atoms with Gasteiger partial charge in [0.05, 0.1) is 6.07 Å². The van der Waals surface area contributed by atoms with E-state index in [9.17, 15) is 4.79 Å². The standard InChI is InChI=1S/C6H11N3O2/c1-11-5(4-8)6(10)9-3-2-7/h5H,3-4,8H2,1H3,(H,9,10). The molecule has 0 aromatic rings. The minimum Gasteiger partial charge on any atom is -0.370 e. The first-order valence-corrected chi connectivity index (χ1v) is 3.13. The summed E-state index contributed by atoms with van der Waals surface area (Å²) >= 11 is 0. The molecule has 0 aliphatic rings. The molecular weight excluding hydrogens is 146 g/mol. The second kappa shape index (κ2) is 5.65. The van der Waals surface area contributed by atoms with Crippen molar-refractivity contribution in [1.29, 1.82) is 5.26 Å². The lowest BCUT2D eigenvalue weighted by Crippen LogP contribution is -2.40. The molecule has 11 heavy (non-hydrogen) atoms. The normalized spacial score (nSPS) is 11.7. The van der Waals surface area contributed by atoms with Gasteiger partial charge < -0.3 is 15.8 Å². The predicted molar refractivity (Wildman–Crippen MR) is 38.5 cm³/mol. The van der Waals surface area contributed by atoms with Crippen LogP contribution in [0.15, 0.2) is 0 Å². The molecule has 0 bridgehead atoms. The predicted octanol–water partition coefficient (Wildman–Crippen LogP) is -1.40. The maximum Gasteiger partial charge on any atom is 0.251 e. The van der Waals surface area contributed by atoms with Gasteiger partial charge in [-0.2, -0.15) is 5.26 Å². The summed E-state index contributed by atoms with van der Waals surface area (Å²) in [4.78, 5) is 10.9. The number of nitrogens with one attached hydrogen (secondary N) is 1. The Kier molecular flexibility index (Phi) is 5.07. The van der Waals surface area contributed by atoms with Crippen LogP contribution in [0.1, 0.15) is 0 Å². The summed E-state index contributed by atoms with van der Waals surface area (Å²) < 4.78 is 4.71. The molecule has 0 saturated carbocycles. The highest BCUT2D eigenvalue weighted by atomic mass is 16.5. The fourth-order valence-corrected chi connectivity index (χ4v) is 0.551. The lowest BCUT2D eigenvalue weighted by atomic mass is 10.3. The van der Waals surface area contributed by atoms with Crippen molar-refractivity contribution in [2.75, 3.05) is 20.2 Å². The minimum absolute atomic E-state index is 0.0152. The summed E-state index contributed by atoms with van der Waals surface area (Å²) in [5.41, 5.74) is 5.19. The number of nitriles is 1.